The molecule has 1 amide bonds. The van der Waals surface area contributed by atoms with Crippen LogP contribution < -0.4 is 10.1 Å². The molecule has 0 aliphatic heterocycles. The van der Waals surface area contributed by atoms with Crippen LogP contribution in [0.25, 0.3) is 0 Å². The number of benzene rings is 2. The fourth-order valence-corrected chi connectivity index (χ4v) is 1.67. The van der Waals surface area contributed by atoms with Crippen LogP contribution in [0.4, 0.5) is 13.2 Å². The molecule has 0 atom stereocenters. The number of rotatable bonds is 5. The number of hydrogen-bond acceptors (Lipinski definition) is 2. The molecule has 0 aromatic heterocycles. The Bertz CT molecular complexity index is 609. The number of carbonyl (C=O) groups excluding carboxylic acids is 1. The SMILES string of the molecule is O=C(NCCOc1ccc(F)cc1)c1c(F)cccc1F. The second-order valence-corrected chi connectivity index (χ2v) is 4.15. The van der Waals surface area contributed by atoms with Crippen molar-refractivity contribution < 1.29 is 22.7 Å². The van der Waals surface area contributed by atoms with Gasteiger partial charge >= 0.3 is 0 Å². The quantitative estimate of drug-likeness (QED) is 0.861. The molecular weight excluding hydrogens is 283 g/mol. The van der Waals surface area contributed by atoms with Crippen molar-refractivity contribution in [2.75, 3.05) is 13.2 Å². The second-order valence-electron chi connectivity index (χ2n) is 4.15. The number of hydrogen-bond donors (Lipinski definition) is 1. The van der Waals surface area contributed by atoms with E-state index in [1.54, 1.807) is 0 Å². The Balaban J connectivity index is 1.83. The van der Waals surface area contributed by atoms with Gasteiger partial charge in [0, 0.05) is 0 Å². The lowest BCUT2D eigenvalue weighted by molar-refractivity contribution is 0.0938. The Labute approximate surface area is 119 Å². The molecule has 110 valence electrons. The first-order valence-corrected chi connectivity index (χ1v) is 6.18. The Morgan fingerprint density at radius 2 is 1.62 bits per heavy atom. The lowest BCUT2D eigenvalue weighted by Gasteiger charge is -2.08. The third-order valence-electron chi connectivity index (χ3n) is 2.66. The van der Waals surface area contributed by atoms with Crippen molar-refractivity contribution >= 4 is 5.91 Å². The number of ether oxygens (including phenoxy) is 1. The van der Waals surface area contributed by atoms with Gasteiger partial charge in [-0.15, -0.1) is 0 Å². The highest BCUT2D eigenvalue weighted by molar-refractivity contribution is 5.94. The Morgan fingerprint density at radius 3 is 2.24 bits per heavy atom. The number of amides is 1. The summed E-state index contributed by atoms with van der Waals surface area (Å²) in [6, 6.07) is 8.55. The van der Waals surface area contributed by atoms with E-state index in [9.17, 15) is 18.0 Å². The zero-order valence-electron chi connectivity index (χ0n) is 10.9. The highest BCUT2D eigenvalue weighted by Gasteiger charge is 2.16. The van der Waals surface area contributed by atoms with Crippen molar-refractivity contribution in [2.24, 2.45) is 0 Å². The van der Waals surface area contributed by atoms with Gasteiger partial charge in [-0.1, -0.05) is 6.07 Å². The number of halogens is 3. The van der Waals surface area contributed by atoms with Crippen LogP contribution >= 0.6 is 0 Å². The summed E-state index contributed by atoms with van der Waals surface area (Å²) in [7, 11) is 0. The van der Waals surface area contributed by atoms with Crippen LogP contribution in [0.3, 0.4) is 0 Å². The molecular formula is C15H12F3NO2. The monoisotopic (exact) mass is 295 g/mol. The van der Waals surface area contributed by atoms with Crippen LogP contribution in [0.2, 0.25) is 0 Å². The third-order valence-corrected chi connectivity index (χ3v) is 2.66. The van der Waals surface area contributed by atoms with E-state index in [0.29, 0.717) is 5.75 Å². The van der Waals surface area contributed by atoms with E-state index in [-0.39, 0.29) is 19.0 Å². The van der Waals surface area contributed by atoms with Gasteiger partial charge in [-0.3, -0.25) is 4.79 Å². The fourth-order valence-electron chi connectivity index (χ4n) is 1.67. The van der Waals surface area contributed by atoms with Gasteiger partial charge < -0.3 is 10.1 Å². The van der Waals surface area contributed by atoms with Crippen molar-refractivity contribution in [3.05, 3.63) is 65.5 Å². The predicted octanol–water partition coefficient (Wildman–Crippen LogP) is 2.91. The molecule has 0 saturated carbocycles. The summed E-state index contributed by atoms with van der Waals surface area (Å²) >= 11 is 0. The van der Waals surface area contributed by atoms with Crippen molar-refractivity contribution in [1.82, 2.24) is 5.32 Å². The summed E-state index contributed by atoms with van der Waals surface area (Å²) in [5, 5.41) is 2.34. The molecule has 0 unspecified atom stereocenters. The van der Waals surface area contributed by atoms with Gasteiger partial charge in [0.1, 0.15) is 35.4 Å². The van der Waals surface area contributed by atoms with Crippen LogP contribution in [-0.2, 0) is 0 Å². The normalized spacial score (nSPS) is 10.2. The maximum Gasteiger partial charge on any atom is 0.257 e. The summed E-state index contributed by atoms with van der Waals surface area (Å²) in [6.07, 6.45) is 0. The summed E-state index contributed by atoms with van der Waals surface area (Å²) in [5.74, 6) is -2.65. The first-order chi connectivity index (χ1) is 10.1. The Kier molecular flexibility index (Phi) is 4.81. The summed E-state index contributed by atoms with van der Waals surface area (Å²) < 4.78 is 44.6. The molecule has 2 aromatic rings. The molecule has 3 nitrogen and oxygen atoms in total. The number of nitrogens with one attached hydrogen (secondary N) is 1. The van der Waals surface area contributed by atoms with E-state index >= 15 is 0 Å². The van der Waals surface area contributed by atoms with E-state index < -0.39 is 23.1 Å². The zero-order valence-corrected chi connectivity index (χ0v) is 10.9. The maximum atomic E-state index is 13.3. The Morgan fingerprint density at radius 1 is 1.00 bits per heavy atom. The predicted molar refractivity (Wildman–Crippen MR) is 70.6 cm³/mol. The van der Waals surface area contributed by atoms with Gasteiger partial charge in [-0.25, -0.2) is 13.2 Å². The lowest BCUT2D eigenvalue weighted by Crippen LogP contribution is -2.29. The van der Waals surface area contributed by atoms with Gasteiger partial charge in [-0.2, -0.15) is 0 Å². The van der Waals surface area contributed by atoms with Gasteiger partial charge in [0.2, 0.25) is 0 Å². The minimum atomic E-state index is -0.924. The van der Waals surface area contributed by atoms with Gasteiger partial charge in [0.25, 0.3) is 5.91 Å². The molecule has 0 aliphatic carbocycles. The molecule has 0 aliphatic rings. The second kappa shape index (κ2) is 6.78. The van der Waals surface area contributed by atoms with E-state index in [1.807, 2.05) is 0 Å². The molecule has 0 fully saturated rings. The van der Waals surface area contributed by atoms with E-state index in [2.05, 4.69) is 5.32 Å². The van der Waals surface area contributed by atoms with Crippen LogP contribution in [0.1, 0.15) is 10.4 Å². The Hall–Kier alpha value is -2.50. The van der Waals surface area contributed by atoms with Crippen molar-refractivity contribution in [3.8, 4) is 5.75 Å². The minimum absolute atomic E-state index is 0.0595. The first kappa shape index (κ1) is 14.9. The lowest BCUT2D eigenvalue weighted by atomic mass is 10.2. The number of carbonyl (C=O) groups is 1. The van der Waals surface area contributed by atoms with Gasteiger partial charge in [0.15, 0.2) is 0 Å². The van der Waals surface area contributed by atoms with Crippen LogP contribution in [0.15, 0.2) is 42.5 Å². The minimum Gasteiger partial charge on any atom is -0.492 e. The highest BCUT2D eigenvalue weighted by Crippen LogP contribution is 2.12. The summed E-state index contributed by atoms with van der Waals surface area (Å²) in [5.41, 5.74) is -0.626. The third kappa shape index (κ3) is 3.98. The standard InChI is InChI=1S/C15H12F3NO2/c16-10-4-6-11(7-5-10)21-9-8-19-15(20)14-12(17)2-1-3-13(14)18/h1-7H,8-9H2,(H,19,20). The molecule has 2 rings (SSSR count). The molecule has 6 heteroatoms. The largest absolute Gasteiger partial charge is 0.492 e. The van der Waals surface area contributed by atoms with Crippen LogP contribution in [0.5, 0.6) is 5.75 Å². The topological polar surface area (TPSA) is 38.3 Å². The molecule has 2 aromatic carbocycles. The molecule has 0 spiro atoms. The molecule has 21 heavy (non-hydrogen) atoms. The van der Waals surface area contributed by atoms with Gasteiger partial charge in [-0.05, 0) is 36.4 Å². The van der Waals surface area contributed by atoms with Gasteiger partial charge in [0.05, 0.1) is 6.54 Å². The molecule has 0 saturated heterocycles. The van der Waals surface area contributed by atoms with Crippen molar-refractivity contribution in [1.29, 1.82) is 0 Å². The van der Waals surface area contributed by atoms with Crippen LogP contribution in [-0.4, -0.2) is 19.1 Å². The van der Waals surface area contributed by atoms with Crippen LogP contribution in [0, 0.1) is 17.5 Å². The molecule has 0 bridgehead atoms. The van der Waals surface area contributed by atoms with E-state index in [0.717, 1.165) is 12.1 Å². The first-order valence-electron chi connectivity index (χ1n) is 6.18. The van der Waals surface area contributed by atoms with Crippen molar-refractivity contribution in [3.63, 3.8) is 0 Å². The molecule has 0 heterocycles. The average molecular weight is 295 g/mol. The average Bonchev–Trinajstić information content (AvgIpc) is 2.45. The van der Waals surface area contributed by atoms with E-state index in [1.165, 1.54) is 30.3 Å². The summed E-state index contributed by atoms with van der Waals surface area (Å²) in [4.78, 5) is 11.6. The zero-order chi connectivity index (χ0) is 15.2. The van der Waals surface area contributed by atoms with E-state index in [4.69, 9.17) is 4.74 Å². The molecule has 0 radical (unpaired) electrons. The van der Waals surface area contributed by atoms with Crippen molar-refractivity contribution in [2.45, 2.75) is 0 Å². The molecule has 1 N–H and O–H groups in total. The summed E-state index contributed by atoms with van der Waals surface area (Å²) in [6.45, 7) is 0.150. The fraction of sp³-hybridized carbons (Fsp3) is 0.133. The highest BCUT2D eigenvalue weighted by atomic mass is 19.1. The smallest absolute Gasteiger partial charge is 0.257 e. The maximum absolute atomic E-state index is 13.3.